The molecule has 2 aromatic rings. The second-order valence-corrected chi connectivity index (χ2v) is 4.18. The highest BCUT2D eigenvalue weighted by Crippen LogP contribution is 2.18. The second-order valence-electron chi connectivity index (χ2n) is 3.74. The maximum Gasteiger partial charge on any atom is 0.119 e. The van der Waals surface area contributed by atoms with Gasteiger partial charge in [-0.05, 0) is 48.9 Å². The molecule has 0 N–H and O–H groups in total. The summed E-state index contributed by atoms with van der Waals surface area (Å²) in [5.74, 6) is 0.860. The van der Waals surface area contributed by atoms with E-state index in [2.05, 4.69) is 4.99 Å². The Labute approximate surface area is 112 Å². The Bertz CT molecular complexity index is 534. The number of nitrogens with zero attached hydrogens (tertiary/aromatic N) is 1. The van der Waals surface area contributed by atoms with Crippen LogP contribution in [0.2, 0.25) is 5.02 Å². The van der Waals surface area contributed by atoms with Crippen molar-refractivity contribution in [2.24, 2.45) is 4.99 Å². The zero-order valence-electron chi connectivity index (χ0n) is 10.1. The van der Waals surface area contributed by atoms with Crippen molar-refractivity contribution in [2.75, 3.05) is 6.61 Å². The van der Waals surface area contributed by atoms with Gasteiger partial charge >= 0.3 is 0 Å². The fraction of sp³-hybridized carbons (Fsp3) is 0.133. The summed E-state index contributed by atoms with van der Waals surface area (Å²) in [6.45, 7) is 2.64. The van der Waals surface area contributed by atoms with E-state index < -0.39 is 0 Å². The van der Waals surface area contributed by atoms with Crippen LogP contribution in [0.5, 0.6) is 5.75 Å². The molecule has 92 valence electrons. The molecule has 0 aliphatic carbocycles. The Hall–Kier alpha value is -1.80. The number of aliphatic imine (C=N–C) groups is 1. The van der Waals surface area contributed by atoms with Crippen LogP contribution in [0.25, 0.3) is 0 Å². The highest BCUT2D eigenvalue weighted by atomic mass is 35.5. The molecule has 0 unspecified atom stereocenters. The summed E-state index contributed by atoms with van der Waals surface area (Å²) in [4.78, 5) is 4.38. The number of hydrogen-bond acceptors (Lipinski definition) is 2. The third-order valence-electron chi connectivity index (χ3n) is 2.36. The van der Waals surface area contributed by atoms with Gasteiger partial charge in [-0.1, -0.05) is 23.7 Å². The molecule has 2 nitrogen and oxygen atoms in total. The number of ether oxygens (including phenoxy) is 1. The smallest absolute Gasteiger partial charge is 0.119 e. The van der Waals surface area contributed by atoms with Crippen LogP contribution in [0.1, 0.15) is 12.5 Å². The van der Waals surface area contributed by atoms with Crippen LogP contribution in [0.3, 0.4) is 0 Å². The molecule has 0 spiro atoms. The van der Waals surface area contributed by atoms with E-state index >= 15 is 0 Å². The summed E-state index contributed by atoms with van der Waals surface area (Å²) >= 11 is 5.90. The van der Waals surface area contributed by atoms with Crippen LogP contribution in [-0.2, 0) is 0 Å². The molecule has 0 bridgehead atoms. The minimum atomic E-state index is 0.672. The van der Waals surface area contributed by atoms with E-state index in [1.807, 2.05) is 55.5 Å². The molecule has 0 amide bonds. The first-order valence-corrected chi connectivity index (χ1v) is 6.18. The predicted molar refractivity (Wildman–Crippen MR) is 76.3 cm³/mol. The zero-order valence-corrected chi connectivity index (χ0v) is 10.9. The molecule has 0 heterocycles. The molecule has 0 saturated heterocycles. The maximum atomic E-state index is 5.90. The van der Waals surface area contributed by atoms with Crippen molar-refractivity contribution >= 4 is 23.5 Å². The van der Waals surface area contributed by atoms with Crippen LogP contribution < -0.4 is 4.74 Å². The van der Waals surface area contributed by atoms with Gasteiger partial charge in [0.05, 0.1) is 12.3 Å². The summed E-state index contributed by atoms with van der Waals surface area (Å²) in [5, 5.41) is 0.714. The van der Waals surface area contributed by atoms with Gasteiger partial charge in [0.15, 0.2) is 0 Å². The third-order valence-corrected chi connectivity index (χ3v) is 2.59. The molecule has 2 rings (SSSR count). The van der Waals surface area contributed by atoms with Gasteiger partial charge in [-0.25, -0.2) is 0 Å². The fourth-order valence-corrected chi connectivity index (χ4v) is 1.73. The molecule has 0 saturated carbocycles. The van der Waals surface area contributed by atoms with E-state index in [-0.39, 0.29) is 0 Å². The van der Waals surface area contributed by atoms with Crippen molar-refractivity contribution in [3.05, 3.63) is 59.1 Å². The monoisotopic (exact) mass is 259 g/mol. The molecule has 0 fully saturated rings. The van der Waals surface area contributed by atoms with Crippen LogP contribution in [0, 0.1) is 0 Å². The quantitative estimate of drug-likeness (QED) is 0.742. The van der Waals surface area contributed by atoms with Crippen molar-refractivity contribution in [1.29, 1.82) is 0 Å². The number of hydrogen-bond donors (Lipinski definition) is 0. The van der Waals surface area contributed by atoms with E-state index in [4.69, 9.17) is 16.3 Å². The minimum absolute atomic E-state index is 0.672. The lowest BCUT2D eigenvalue weighted by Gasteiger charge is -2.02. The van der Waals surface area contributed by atoms with Crippen molar-refractivity contribution < 1.29 is 4.74 Å². The number of rotatable bonds is 4. The van der Waals surface area contributed by atoms with Gasteiger partial charge in [-0.2, -0.15) is 0 Å². The lowest BCUT2D eigenvalue weighted by Crippen LogP contribution is -1.89. The van der Waals surface area contributed by atoms with Crippen molar-refractivity contribution in [3.63, 3.8) is 0 Å². The fourth-order valence-electron chi connectivity index (χ4n) is 1.53. The van der Waals surface area contributed by atoms with Crippen LogP contribution in [0.4, 0.5) is 5.69 Å². The van der Waals surface area contributed by atoms with Crippen LogP contribution in [-0.4, -0.2) is 12.8 Å². The topological polar surface area (TPSA) is 21.6 Å². The second kappa shape index (κ2) is 6.22. The van der Waals surface area contributed by atoms with Crippen molar-refractivity contribution in [1.82, 2.24) is 0 Å². The van der Waals surface area contributed by atoms with Crippen molar-refractivity contribution in [2.45, 2.75) is 6.92 Å². The maximum absolute atomic E-state index is 5.90. The highest BCUT2D eigenvalue weighted by molar-refractivity contribution is 6.30. The largest absolute Gasteiger partial charge is 0.494 e. The van der Waals surface area contributed by atoms with E-state index in [1.165, 1.54) is 0 Å². The summed E-state index contributed by atoms with van der Waals surface area (Å²) in [6.07, 6.45) is 1.79. The van der Waals surface area contributed by atoms with Gasteiger partial charge in [0.1, 0.15) is 5.75 Å². The van der Waals surface area contributed by atoms with E-state index in [0.717, 1.165) is 17.0 Å². The molecule has 2 aromatic carbocycles. The Morgan fingerprint density at radius 1 is 1.17 bits per heavy atom. The number of halogens is 1. The normalized spacial score (nSPS) is 10.8. The highest BCUT2D eigenvalue weighted by Gasteiger charge is 1.93. The molecule has 0 aliphatic heterocycles. The Balaban J connectivity index is 2.09. The van der Waals surface area contributed by atoms with E-state index in [1.54, 1.807) is 6.21 Å². The van der Waals surface area contributed by atoms with Gasteiger partial charge in [0, 0.05) is 11.2 Å². The molecule has 0 aromatic heterocycles. The molecule has 18 heavy (non-hydrogen) atoms. The Morgan fingerprint density at radius 3 is 2.61 bits per heavy atom. The number of benzene rings is 2. The molecule has 0 aliphatic rings. The first kappa shape index (κ1) is 12.7. The first-order chi connectivity index (χ1) is 8.78. The van der Waals surface area contributed by atoms with E-state index in [0.29, 0.717) is 11.6 Å². The lowest BCUT2D eigenvalue weighted by atomic mass is 10.2. The standard InChI is InChI=1S/C15H14ClNO/c1-2-18-15-8-6-14(7-9-15)17-11-12-4-3-5-13(16)10-12/h3-11H,2H2,1H3. The molecular formula is C15H14ClNO. The zero-order chi connectivity index (χ0) is 12.8. The molecule has 3 heteroatoms. The average Bonchev–Trinajstić information content (AvgIpc) is 2.38. The van der Waals surface area contributed by atoms with Crippen molar-refractivity contribution in [3.8, 4) is 5.75 Å². The Kier molecular flexibility index (Phi) is 4.37. The molecular weight excluding hydrogens is 246 g/mol. The lowest BCUT2D eigenvalue weighted by molar-refractivity contribution is 0.340. The summed E-state index contributed by atoms with van der Waals surface area (Å²) in [6, 6.07) is 15.3. The van der Waals surface area contributed by atoms with Crippen LogP contribution in [0.15, 0.2) is 53.5 Å². The predicted octanol–water partition coefficient (Wildman–Crippen LogP) is 4.49. The van der Waals surface area contributed by atoms with Gasteiger partial charge in [0.2, 0.25) is 0 Å². The SMILES string of the molecule is CCOc1ccc(N=Cc2cccc(Cl)c2)cc1. The summed E-state index contributed by atoms with van der Waals surface area (Å²) in [5.41, 5.74) is 1.87. The molecule has 0 radical (unpaired) electrons. The third kappa shape index (κ3) is 3.60. The van der Waals surface area contributed by atoms with Gasteiger partial charge in [-0.3, -0.25) is 4.99 Å². The summed E-state index contributed by atoms with van der Waals surface area (Å²) < 4.78 is 5.37. The van der Waals surface area contributed by atoms with Crippen LogP contribution >= 0.6 is 11.6 Å². The van der Waals surface area contributed by atoms with Gasteiger partial charge in [-0.15, -0.1) is 0 Å². The van der Waals surface area contributed by atoms with Gasteiger partial charge in [0.25, 0.3) is 0 Å². The van der Waals surface area contributed by atoms with E-state index in [9.17, 15) is 0 Å². The minimum Gasteiger partial charge on any atom is -0.494 e. The van der Waals surface area contributed by atoms with Gasteiger partial charge < -0.3 is 4.74 Å². The Morgan fingerprint density at radius 2 is 1.94 bits per heavy atom. The first-order valence-electron chi connectivity index (χ1n) is 5.80. The average molecular weight is 260 g/mol. The summed E-state index contributed by atoms with van der Waals surface area (Å²) in [7, 11) is 0. The molecule has 0 atom stereocenters.